The number of halogens is 1. The first kappa shape index (κ1) is 13.1. The zero-order chi connectivity index (χ0) is 12.5. The van der Waals surface area contributed by atoms with E-state index in [4.69, 9.17) is 0 Å². The Hall–Kier alpha value is -0.350. The molecule has 1 aromatic carbocycles. The summed E-state index contributed by atoms with van der Waals surface area (Å²) in [5, 5.41) is 0.783. The molecule has 1 aliphatic rings. The van der Waals surface area contributed by atoms with Gasteiger partial charge in [0.15, 0.2) is 9.84 Å². The van der Waals surface area contributed by atoms with Crippen molar-refractivity contribution in [3.8, 4) is 0 Å². The van der Waals surface area contributed by atoms with Crippen LogP contribution in [0, 0.1) is 12.3 Å². The largest absolute Gasteiger partial charge is 0.224 e. The quantitative estimate of drug-likeness (QED) is 0.798. The van der Waals surface area contributed by atoms with Crippen molar-refractivity contribution >= 4 is 25.8 Å². The van der Waals surface area contributed by atoms with Gasteiger partial charge in [0.25, 0.3) is 0 Å². The molecule has 17 heavy (non-hydrogen) atoms. The van der Waals surface area contributed by atoms with E-state index in [2.05, 4.69) is 15.9 Å². The fraction of sp³-hybridized carbons (Fsp3) is 0.538. The summed E-state index contributed by atoms with van der Waals surface area (Å²) in [6.45, 7) is 1.92. The van der Waals surface area contributed by atoms with Gasteiger partial charge in [-0.15, -0.1) is 0 Å². The van der Waals surface area contributed by atoms with E-state index in [0.29, 0.717) is 4.90 Å². The number of alkyl halides is 1. The van der Waals surface area contributed by atoms with Crippen molar-refractivity contribution in [1.82, 2.24) is 0 Å². The number of hydrogen-bond acceptors (Lipinski definition) is 2. The lowest BCUT2D eigenvalue weighted by Gasteiger charge is -2.40. The van der Waals surface area contributed by atoms with E-state index in [1.165, 1.54) is 0 Å². The Labute approximate surface area is 111 Å². The van der Waals surface area contributed by atoms with Crippen LogP contribution >= 0.6 is 15.9 Å². The van der Waals surface area contributed by atoms with Gasteiger partial charge in [-0.1, -0.05) is 34.5 Å². The highest BCUT2D eigenvalue weighted by Gasteiger charge is 2.40. The summed E-state index contributed by atoms with van der Waals surface area (Å²) in [6, 6.07) is 7.19. The molecule has 0 unspecified atom stereocenters. The van der Waals surface area contributed by atoms with Crippen molar-refractivity contribution in [3.05, 3.63) is 29.8 Å². The van der Waals surface area contributed by atoms with Gasteiger partial charge in [-0.25, -0.2) is 8.42 Å². The predicted molar refractivity (Wildman–Crippen MR) is 73.3 cm³/mol. The standard InChI is InChI=1S/C13H17BrO2S/c1-11-4-2-5-12(8-11)17(15,16)10-13(9-14)6-3-7-13/h2,4-5,8H,3,6-7,9-10H2,1H3. The molecular formula is C13H17BrO2S. The smallest absolute Gasteiger partial charge is 0.178 e. The first-order chi connectivity index (χ1) is 7.97. The monoisotopic (exact) mass is 316 g/mol. The summed E-state index contributed by atoms with van der Waals surface area (Å²) in [5.41, 5.74) is 0.968. The lowest BCUT2D eigenvalue weighted by Crippen LogP contribution is -2.38. The highest BCUT2D eigenvalue weighted by molar-refractivity contribution is 9.09. The third kappa shape index (κ3) is 2.74. The van der Waals surface area contributed by atoms with E-state index in [0.717, 1.165) is 30.2 Å². The summed E-state index contributed by atoms with van der Waals surface area (Å²) < 4.78 is 24.7. The Bertz CT molecular complexity index is 498. The minimum Gasteiger partial charge on any atom is -0.224 e. The second kappa shape index (κ2) is 4.73. The zero-order valence-corrected chi connectivity index (χ0v) is 12.4. The van der Waals surface area contributed by atoms with Gasteiger partial charge in [0.2, 0.25) is 0 Å². The van der Waals surface area contributed by atoms with Crippen LogP contribution in [0.4, 0.5) is 0 Å². The molecule has 1 saturated carbocycles. The summed E-state index contributed by atoms with van der Waals surface area (Å²) in [7, 11) is -3.14. The van der Waals surface area contributed by atoms with E-state index >= 15 is 0 Å². The zero-order valence-electron chi connectivity index (χ0n) is 9.95. The normalized spacial score (nSPS) is 18.7. The fourth-order valence-electron chi connectivity index (χ4n) is 2.29. The average Bonchev–Trinajstić information content (AvgIpc) is 2.24. The van der Waals surface area contributed by atoms with E-state index in [-0.39, 0.29) is 11.2 Å². The van der Waals surface area contributed by atoms with Gasteiger partial charge >= 0.3 is 0 Å². The maximum atomic E-state index is 12.3. The number of rotatable bonds is 4. The lowest BCUT2D eigenvalue weighted by molar-refractivity contribution is 0.203. The van der Waals surface area contributed by atoms with Crippen molar-refractivity contribution in [1.29, 1.82) is 0 Å². The lowest BCUT2D eigenvalue weighted by atomic mass is 9.72. The molecule has 0 aliphatic heterocycles. The molecule has 0 amide bonds. The minimum atomic E-state index is -3.14. The van der Waals surface area contributed by atoms with Gasteiger partial charge in [-0.3, -0.25) is 0 Å². The van der Waals surface area contributed by atoms with E-state index in [9.17, 15) is 8.42 Å². The Morgan fingerprint density at radius 2 is 2.06 bits per heavy atom. The molecular weight excluding hydrogens is 300 g/mol. The predicted octanol–water partition coefficient (Wildman–Crippen LogP) is 3.33. The fourth-order valence-corrected chi connectivity index (χ4v) is 5.32. The van der Waals surface area contributed by atoms with Crippen LogP contribution in [0.5, 0.6) is 0 Å². The maximum absolute atomic E-state index is 12.3. The highest BCUT2D eigenvalue weighted by atomic mass is 79.9. The van der Waals surface area contributed by atoms with Gasteiger partial charge in [-0.2, -0.15) is 0 Å². The third-order valence-corrected chi connectivity index (χ3v) is 6.70. The molecule has 1 aliphatic carbocycles. The molecule has 2 nitrogen and oxygen atoms in total. The molecule has 94 valence electrons. The summed E-state index contributed by atoms with van der Waals surface area (Å²) in [6.07, 6.45) is 3.18. The van der Waals surface area contributed by atoms with Crippen LogP contribution in [0.25, 0.3) is 0 Å². The molecule has 0 aromatic heterocycles. The van der Waals surface area contributed by atoms with Crippen LogP contribution in [0.2, 0.25) is 0 Å². The Balaban J connectivity index is 2.25. The van der Waals surface area contributed by atoms with Crippen molar-refractivity contribution in [2.45, 2.75) is 31.1 Å². The van der Waals surface area contributed by atoms with Gasteiger partial charge in [0, 0.05) is 5.33 Å². The summed E-state index contributed by atoms with van der Waals surface area (Å²) >= 11 is 3.46. The van der Waals surface area contributed by atoms with Crippen molar-refractivity contribution in [2.24, 2.45) is 5.41 Å². The van der Waals surface area contributed by atoms with Gasteiger partial charge in [0.1, 0.15) is 0 Å². The van der Waals surface area contributed by atoms with Gasteiger partial charge in [-0.05, 0) is 42.9 Å². The molecule has 0 heterocycles. The first-order valence-corrected chi connectivity index (χ1v) is 8.60. The van der Waals surface area contributed by atoms with Crippen LogP contribution in [0.3, 0.4) is 0 Å². The first-order valence-electron chi connectivity index (χ1n) is 5.83. The Morgan fingerprint density at radius 3 is 2.53 bits per heavy atom. The van der Waals surface area contributed by atoms with E-state index in [1.807, 2.05) is 19.1 Å². The molecule has 1 fully saturated rings. The van der Waals surface area contributed by atoms with E-state index < -0.39 is 9.84 Å². The van der Waals surface area contributed by atoms with Crippen molar-refractivity contribution < 1.29 is 8.42 Å². The van der Waals surface area contributed by atoms with Crippen LogP contribution in [-0.4, -0.2) is 19.5 Å². The summed E-state index contributed by atoms with van der Waals surface area (Å²) in [5.74, 6) is 0.273. The van der Waals surface area contributed by atoms with Crippen molar-refractivity contribution in [3.63, 3.8) is 0 Å². The topological polar surface area (TPSA) is 34.1 Å². The number of sulfone groups is 1. The Kier molecular flexibility index (Phi) is 3.64. The molecule has 0 radical (unpaired) electrons. The molecule has 0 saturated heterocycles. The van der Waals surface area contributed by atoms with Crippen LogP contribution < -0.4 is 0 Å². The second-order valence-corrected chi connectivity index (χ2v) is 7.61. The average molecular weight is 317 g/mol. The third-order valence-electron chi connectivity index (χ3n) is 3.54. The molecule has 4 heteroatoms. The summed E-state index contributed by atoms with van der Waals surface area (Å²) in [4.78, 5) is 0.463. The van der Waals surface area contributed by atoms with Crippen LogP contribution in [-0.2, 0) is 9.84 Å². The second-order valence-electron chi connectivity index (χ2n) is 5.06. The number of aryl methyl sites for hydroxylation is 1. The van der Waals surface area contributed by atoms with Crippen LogP contribution in [0.15, 0.2) is 29.2 Å². The molecule has 2 rings (SSSR count). The molecule has 0 atom stereocenters. The highest BCUT2D eigenvalue weighted by Crippen LogP contribution is 2.44. The van der Waals surface area contributed by atoms with Crippen molar-refractivity contribution in [2.75, 3.05) is 11.1 Å². The molecule has 0 N–H and O–H groups in total. The number of hydrogen-bond donors (Lipinski definition) is 0. The van der Waals surface area contributed by atoms with Gasteiger partial charge in [0.05, 0.1) is 10.6 Å². The Morgan fingerprint density at radius 1 is 1.35 bits per heavy atom. The SMILES string of the molecule is Cc1cccc(S(=O)(=O)CC2(CBr)CCC2)c1. The van der Waals surface area contributed by atoms with E-state index in [1.54, 1.807) is 12.1 Å². The minimum absolute atomic E-state index is 0.0252. The number of benzene rings is 1. The molecule has 0 spiro atoms. The molecule has 1 aromatic rings. The van der Waals surface area contributed by atoms with Gasteiger partial charge < -0.3 is 0 Å². The maximum Gasteiger partial charge on any atom is 0.178 e. The molecule has 0 bridgehead atoms. The van der Waals surface area contributed by atoms with Crippen LogP contribution in [0.1, 0.15) is 24.8 Å².